The van der Waals surface area contributed by atoms with E-state index in [4.69, 9.17) is 0 Å². The van der Waals surface area contributed by atoms with Crippen LogP contribution in [0.2, 0.25) is 0 Å². The lowest BCUT2D eigenvalue weighted by Crippen LogP contribution is -2.42. The highest BCUT2D eigenvalue weighted by atomic mass is 32.1. The third-order valence-electron chi connectivity index (χ3n) is 4.69. The maximum absolute atomic E-state index is 13.0. The largest absolute Gasteiger partial charge is 0.348 e. The van der Waals surface area contributed by atoms with Crippen molar-refractivity contribution >= 4 is 17.2 Å². The van der Waals surface area contributed by atoms with Crippen LogP contribution in [-0.4, -0.2) is 23.9 Å². The maximum atomic E-state index is 13.0. The summed E-state index contributed by atoms with van der Waals surface area (Å²) in [5.41, 5.74) is 2.30. The molecule has 0 radical (unpaired) electrons. The van der Waals surface area contributed by atoms with Gasteiger partial charge in [0.15, 0.2) is 0 Å². The van der Waals surface area contributed by atoms with Gasteiger partial charge in [-0.15, -0.1) is 11.3 Å². The Balaban J connectivity index is 1.61. The van der Waals surface area contributed by atoms with Gasteiger partial charge in [0, 0.05) is 17.5 Å². The second-order valence-electron chi connectivity index (χ2n) is 6.28. The number of nitrogens with zero attached hydrogens (tertiary/aromatic N) is 1. The molecule has 1 aliphatic rings. The molecular formula is C19H23FN2OS. The van der Waals surface area contributed by atoms with Gasteiger partial charge in [0.1, 0.15) is 5.82 Å². The molecule has 1 aliphatic heterocycles. The summed E-state index contributed by atoms with van der Waals surface area (Å²) in [6, 6.07) is 8.68. The third-order valence-corrected chi connectivity index (χ3v) is 5.68. The molecule has 3 nitrogen and oxygen atoms in total. The lowest BCUT2D eigenvalue weighted by molar-refractivity contribution is -0.123. The molecule has 0 unspecified atom stereocenters. The highest BCUT2D eigenvalue weighted by Crippen LogP contribution is 2.34. The fourth-order valence-electron chi connectivity index (χ4n) is 3.42. The first kappa shape index (κ1) is 17.1. The first-order valence-corrected chi connectivity index (χ1v) is 9.31. The predicted octanol–water partition coefficient (Wildman–Crippen LogP) is 4.07. The smallest absolute Gasteiger partial charge is 0.234 e. The van der Waals surface area contributed by atoms with E-state index in [1.54, 1.807) is 12.1 Å². The van der Waals surface area contributed by atoms with Crippen LogP contribution in [0.1, 0.15) is 48.4 Å². The van der Waals surface area contributed by atoms with E-state index in [9.17, 15) is 9.18 Å². The number of amides is 1. The van der Waals surface area contributed by atoms with Crippen molar-refractivity contribution in [3.8, 4) is 0 Å². The molecule has 2 aromatic rings. The van der Waals surface area contributed by atoms with Crippen LogP contribution in [0.5, 0.6) is 0 Å². The van der Waals surface area contributed by atoms with Crippen molar-refractivity contribution < 1.29 is 9.18 Å². The Morgan fingerprint density at radius 1 is 1.38 bits per heavy atom. The van der Waals surface area contributed by atoms with Crippen molar-refractivity contribution in [1.82, 2.24) is 10.2 Å². The highest BCUT2D eigenvalue weighted by Gasteiger charge is 2.28. The first-order chi connectivity index (χ1) is 11.6. The molecule has 1 aromatic heterocycles. The molecule has 2 heterocycles. The van der Waals surface area contributed by atoms with Crippen LogP contribution in [0.4, 0.5) is 4.39 Å². The summed E-state index contributed by atoms with van der Waals surface area (Å²) in [5, 5.41) is 5.17. The standard InChI is InChI=1S/C19H23FN2OS/c1-3-17-16-9-11-24-18(16)8-10-22(17)12-19(23)21-13(2)14-4-6-15(20)7-5-14/h4-7,9,11,13,17H,3,8,10,12H2,1-2H3,(H,21,23)/t13-,17+/m1/s1. The number of fused-ring (bicyclic) bond motifs is 1. The highest BCUT2D eigenvalue weighted by molar-refractivity contribution is 7.10. The Labute approximate surface area is 146 Å². The Hall–Kier alpha value is -1.72. The summed E-state index contributed by atoms with van der Waals surface area (Å²) in [5.74, 6) is -0.244. The van der Waals surface area contributed by atoms with E-state index >= 15 is 0 Å². The number of carbonyl (C=O) groups excluding carboxylic acids is 1. The number of halogens is 1. The Kier molecular flexibility index (Phi) is 5.31. The number of carbonyl (C=O) groups is 1. The summed E-state index contributed by atoms with van der Waals surface area (Å²) >= 11 is 1.82. The van der Waals surface area contributed by atoms with Gasteiger partial charge in [-0.1, -0.05) is 19.1 Å². The van der Waals surface area contributed by atoms with Gasteiger partial charge in [-0.3, -0.25) is 9.69 Å². The predicted molar refractivity (Wildman–Crippen MR) is 95.6 cm³/mol. The molecule has 0 aliphatic carbocycles. The van der Waals surface area contributed by atoms with Crippen LogP contribution in [0, 0.1) is 5.82 Å². The summed E-state index contributed by atoms with van der Waals surface area (Å²) in [6.07, 6.45) is 2.02. The molecule has 1 N–H and O–H groups in total. The molecule has 0 fully saturated rings. The minimum absolute atomic E-state index is 0.0176. The summed E-state index contributed by atoms with van der Waals surface area (Å²) < 4.78 is 13.0. The molecule has 0 saturated heterocycles. The van der Waals surface area contributed by atoms with Crippen LogP contribution in [-0.2, 0) is 11.2 Å². The van der Waals surface area contributed by atoms with E-state index in [0.717, 1.165) is 24.9 Å². The SMILES string of the molecule is CC[C@H]1c2ccsc2CCN1CC(=O)N[C@H](C)c1ccc(F)cc1. The fourth-order valence-corrected chi connectivity index (χ4v) is 4.35. The first-order valence-electron chi connectivity index (χ1n) is 8.43. The molecule has 5 heteroatoms. The van der Waals surface area contributed by atoms with Gasteiger partial charge < -0.3 is 5.32 Å². The van der Waals surface area contributed by atoms with Gasteiger partial charge in [0.2, 0.25) is 5.91 Å². The van der Waals surface area contributed by atoms with E-state index in [-0.39, 0.29) is 17.8 Å². The monoisotopic (exact) mass is 346 g/mol. The minimum atomic E-state index is -0.261. The number of benzene rings is 1. The van der Waals surface area contributed by atoms with Gasteiger partial charge in [0.25, 0.3) is 0 Å². The zero-order valence-corrected chi connectivity index (χ0v) is 14.9. The van der Waals surface area contributed by atoms with Crippen molar-refractivity contribution in [3.63, 3.8) is 0 Å². The van der Waals surface area contributed by atoms with Gasteiger partial charge in [-0.05, 0) is 54.5 Å². The number of hydrogen-bond donors (Lipinski definition) is 1. The Morgan fingerprint density at radius 2 is 2.12 bits per heavy atom. The van der Waals surface area contributed by atoms with Gasteiger partial charge in [-0.25, -0.2) is 4.39 Å². The van der Waals surface area contributed by atoms with E-state index in [1.807, 2.05) is 18.3 Å². The van der Waals surface area contributed by atoms with Crippen molar-refractivity contribution in [3.05, 3.63) is 57.5 Å². The second-order valence-corrected chi connectivity index (χ2v) is 7.29. The van der Waals surface area contributed by atoms with E-state index in [0.29, 0.717) is 12.6 Å². The minimum Gasteiger partial charge on any atom is -0.348 e. The number of hydrogen-bond acceptors (Lipinski definition) is 3. The summed E-state index contributed by atoms with van der Waals surface area (Å²) in [7, 11) is 0. The molecule has 128 valence electrons. The summed E-state index contributed by atoms with van der Waals surface area (Å²) in [6.45, 7) is 5.42. The Bertz CT molecular complexity index is 698. The number of thiophene rings is 1. The lowest BCUT2D eigenvalue weighted by atomic mass is 9.98. The van der Waals surface area contributed by atoms with Crippen molar-refractivity contribution in [1.29, 1.82) is 0 Å². The van der Waals surface area contributed by atoms with Gasteiger partial charge in [-0.2, -0.15) is 0 Å². The summed E-state index contributed by atoms with van der Waals surface area (Å²) in [4.78, 5) is 16.2. The average molecular weight is 346 g/mol. The molecule has 24 heavy (non-hydrogen) atoms. The molecule has 0 spiro atoms. The van der Waals surface area contributed by atoms with E-state index < -0.39 is 0 Å². The quantitative estimate of drug-likeness (QED) is 0.885. The molecule has 2 atom stereocenters. The Morgan fingerprint density at radius 3 is 2.83 bits per heavy atom. The topological polar surface area (TPSA) is 32.3 Å². The maximum Gasteiger partial charge on any atom is 0.234 e. The average Bonchev–Trinajstić information content (AvgIpc) is 3.03. The van der Waals surface area contributed by atoms with Crippen LogP contribution in [0.25, 0.3) is 0 Å². The second kappa shape index (κ2) is 7.45. The van der Waals surface area contributed by atoms with Crippen LogP contribution < -0.4 is 5.32 Å². The van der Waals surface area contributed by atoms with Crippen LogP contribution in [0.3, 0.4) is 0 Å². The van der Waals surface area contributed by atoms with E-state index in [1.165, 1.54) is 22.6 Å². The zero-order chi connectivity index (χ0) is 17.1. The van der Waals surface area contributed by atoms with E-state index in [2.05, 4.69) is 28.6 Å². The fraction of sp³-hybridized carbons (Fsp3) is 0.421. The normalized spacial score (nSPS) is 18.9. The van der Waals surface area contributed by atoms with Crippen molar-refractivity contribution in [2.45, 2.75) is 38.8 Å². The van der Waals surface area contributed by atoms with Crippen LogP contribution in [0.15, 0.2) is 35.7 Å². The lowest BCUT2D eigenvalue weighted by Gasteiger charge is -2.35. The molecule has 1 amide bonds. The molecule has 3 rings (SSSR count). The molecular weight excluding hydrogens is 323 g/mol. The molecule has 1 aromatic carbocycles. The zero-order valence-electron chi connectivity index (χ0n) is 14.1. The van der Waals surface area contributed by atoms with Crippen molar-refractivity contribution in [2.24, 2.45) is 0 Å². The number of nitrogens with one attached hydrogen (secondary N) is 1. The van der Waals surface area contributed by atoms with Gasteiger partial charge in [0.05, 0.1) is 12.6 Å². The number of rotatable bonds is 5. The van der Waals surface area contributed by atoms with Gasteiger partial charge >= 0.3 is 0 Å². The molecule has 0 saturated carbocycles. The van der Waals surface area contributed by atoms with Crippen LogP contribution >= 0.6 is 11.3 Å². The third kappa shape index (κ3) is 3.68. The van der Waals surface area contributed by atoms with Crippen molar-refractivity contribution in [2.75, 3.05) is 13.1 Å². The molecule has 0 bridgehead atoms.